The highest BCUT2D eigenvalue weighted by Crippen LogP contribution is 2.26. The lowest BCUT2D eigenvalue weighted by molar-refractivity contribution is 0.252. The number of aryl methyl sites for hydroxylation is 1. The molecule has 1 nitrogen and oxygen atoms in total. The van der Waals surface area contributed by atoms with Gasteiger partial charge in [0.2, 0.25) is 0 Å². The molecule has 1 N–H and O–H groups in total. The normalized spacial score (nSPS) is 10.9. The number of hydrogen-bond donors (Lipinski definition) is 1. The van der Waals surface area contributed by atoms with E-state index in [1.54, 1.807) is 23.5 Å². The van der Waals surface area contributed by atoms with Gasteiger partial charge >= 0.3 is 0 Å². The van der Waals surface area contributed by atoms with E-state index in [0.29, 0.717) is 16.7 Å². The van der Waals surface area contributed by atoms with Gasteiger partial charge < -0.3 is 5.32 Å². The molecule has 1 heterocycles. The number of nitrogens with one attached hydrogen (secondary N) is 1. The first kappa shape index (κ1) is 13.4. The summed E-state index contributed by atoms with van der Waals surface area (Å²) in [5.74, 6) is -2.36. The molecule has 2 aromatic rings. The van der Waals surface area contributed by atoms with Crippen molar-refractivity contribution < 1.29 is 8.78 Å². The minimum atomic E-state index is -2.36. The van der Waals surface area contributed by atoms with E-state index in [2.05, 4.69) is 23.7 Å². The summed E-state index contributed by atoms with van der Waals surface area (Å²) in [7, 11) is 0. The van der Waals surface area contributed by atoms with Gasteiger partial charge in [-0.25, -0.2) is 0 Å². The summed E-state index contributed by atoms with van der Waals surface area (Å²) in [5, 5.41) is 5.35. The Morgan fingerprint density at radius 2 is 1.94 bits per heavy atom. The molecule has 0 spiro atoms. The Kier molecular flexibility index (Phi) is 4.60. The highest BCUT2D eigenvalue weighted by molar-refractivity contribution is 7.99. The second-order valence-corrected chi connectivity index (χ2v) is 5.85. The molecule has 0 radical (unpaired) electrons. The first-order valence-electron chi connectivity index (χ1n) is 5.47. The van der Waals surface area contributed by atoms with E-state index in [-0.39, 0.29) is 0 Å². The van der Waals surface area contributed by atoms with Crippen molar-refractivity contribution in [1.82, 2.24) is 0 Å². The number of anilines is 1. The third-order valence-electron chi connectivity index (χ3n) is 2.50. The Hall–Kier alpha value is -1.07. The molecule has 96 valence electrons. The van der Waals surface area contributed by atoms with Gasteiger partial charge in [0.25, 0.3) is 5.76 Å². The number of alkyl halides is 2. The van der Waals surface area contributed by atoms with Crippen molar-refractivity contribution in [2.45, 2.75) is 24.1 Å². The summed E-state index contributed by atoms with van der Waals surface area (Å²) in [6, 6.07) is 9.16. The molecule has 1 aromatic heterocycles. The van der Waals surface area contributed by atoms with Gasteiger partial charge in [0.1, 0.15) is 0 Å². The second-order valence-electron chi connectivity index (χ2n) is 3.78. The van der Waals surface area contributed by atoms with E-state index in [4.69, 9.17) is 0 Å². The SMILES string of the molecule is Cc1ccsc1CNc1ccc(SC(F)F)cc1. The average molecular weight is 285 g/mol. The van der Waals surface area contributed by atoms with E-state index in [0.717, 1.165) is 12.2 Å². The van der Waals surface area contributed by atoms with Crippen LogP contribution in [-0.2, 0) is 6.54 Å². The number of benzene rings is 1. The van der Waals surface area contributed by atoms with Gasteiger partial charge in [-0.15, -0.1) is 11.3 Å². The van der Waals surface area contributed by atoms with Crippen LogP contribution in [0, 0.1) is 6.92 Å². The number of halogens is 2. The van der Waals surface area contributed by atoms with Gasteiger partial charge in [0, 0.05) is 22.0 Å². The quantitative estimate of drug-likeness (QED) is 0.777. The molecule has 0 amide bonds. The maximum absolute atomic E-state index is 12.1. The maximum atomic E-state index is 12.1. The van der Waals surface area contributed by atoms with E-state index in [1.165, 1.54) is 10.4 Å². The van der Waals surface area contributed by atoms with Crippen LogP contribution in [0.5, 0.6) is 0 Å². The fourth-order valence-electron chi connectivity index (χ4n) is 1.52. The summed E-state index contributed by atoms with van der Waals surface area (Å²) in [5.41, 5.74) is 2.22. The van der Waals surface area contributed by atoms with E-state index >= 15 is 0 Å². The molecule has 0 unspecified atom stereocenters. The van der Waals surface area contributed by atoms with Crippen molar-refractivity contribution in [3.63, 3.8) is 0 Å². The van der Waals surface area contributed by atoms with Crippen LogP contribution >= 0.6 is 23.1 Å². The standard InChI is InChI=1S/C13H13F2NS2/c1-9-6-7-17-12(9)8-16-10-2-4-11(5-3-10)18-13(14)15/h2-7,13,16H,8H2,1H3. The van der Waals surface area contributed by atoms with Crippen molar-refractivity contribution in [3.8, 4) is 0 Å². The second kappa shape index (κ2) is 6.20. The minimum Gasteiger partial charge on any atom is -0.380 e. The maximum Gasteiger partial charge on any atom is 0.288 e. The fraction of sp³-hybridized carbons (Fsp3) is 0.231. The van der Waals surface area contributed by atoms with Gasteiger partial charge in [-0.1, -0.05) is 11.8 Å². The molecule has 0 saturated carbocycles. The zero-order valence-corrected chi connectivity index (χ0v) is 11.5. The first-order valence-corrected chi connectivity index (χ1v) is 7.23. The number of rotatable bonds is 5. The van der Waals surface area contributed by atoms with Crippen molar-refractivity contribution in [1.29, 1.82) is 0 Å². The third kappa shape index (κ3) is 3.71. The lowest BCUT2D eigenvalue weighted by Gasteiger charge is -2.07. The molecule has 0 aliphatic rings. The zero-order chi connectivity index (χ0) is 13.0. The van der Waals surface area contributed by atoms with E-state index in [1.807, 2.05) is 12.1 Å². The van der Waals surface area contributed by atoms with Gasteiger partial charge in [0.15, 0.2) is 0 Å². The Bertz CT molecular complexity index is 494. The van der Waals surface area contributed by atoms with E-state index in [9.17, 15) is 8.78 Å². The lowest BCUT2D eigenvalue weighted by atomic mass is 10.2. The Morgan fingerprint density at radius 3 is 2.50 bits per heavy atom. The van der Waals surface area contributed by atoms with Crippen molar-refractivity contribution >= 4 is 28.8 Å². The van der Waals surface area contributed by atoms with Crippen LogP contribution in [0.1, 0.15) is 10.4 Å². The molecule has 0 bridgehead atoms. The number of thiophene rings is 1. The average Bonchev–Trinajstić information content (AvgIpc) is 2.73. The molecule has 0 saturated heterocycles. The molecule has 5 heteroatoms. The molecule has 2 rings (SSSR count). The molecule has 0 fully saturated rings. The zero-order valence-electron chi connectivity index (χ0n) is 9.82. The summed E-state index contributed by atoms with van der Waals surface area (Å²) in [6.45, 7) is 2.85. The van der Waals surface area contributed by atoms with Crippen molar-refractivity contribution in [3.05, 3.63) is 46.2 Å². The number of thioether (sulfide) groups is 1. The summed E-state index contributed by atoms with van der Waals surface area (Å²) < 4.78 is 24.3. The monoisotopic (exact) mass is 285 g/mol. The summed E-state index contributed by atoms with van der Waals surface area (Å²) in [6.07, 6.45) is 0. The highest BCUT2D eigenvalue weighted by atomic mass is 32.2. The first-order chi connectivity index (χ1) is 8.65. The molecule has 0 atom stereocenters. The molecule has 18 heavy (non-hydrogen) atoms. The van der Waals surface area contributed by atoms with E-state index < -0.39 is 5.76 Å². The predicted molar refractivity (Wildman–Crippen MR) is 74.7 cm³/mol. The van der Waals surface area contributed by atoms with Gasteiger partial charge in [0.05, 0.1) is 0 Å². The predicted octanol–water partition coefficient (Wildman–Crippen LogP) is 4.98. The smallest absolute Gasteiger partial charge is 0.288 e. The van der Waals surface area contributed by atoms with Crippen molar-refractivity contribution in [2.24, 2.45) is 0 Å². The molecule has 0 aliphatic heterocycles. The third-order valence-corrected chi connectivity index (χ3v) is 4.25. The Balaban J connectivity index is 1.92. The van der Waals surface area contributed by atoms with Gasteiger partial charge in [-0.3, -0.25) is 0 Å². The van der Waals surface area contributed by atoms with Crippen molar-refractivity contribution in [2.75, 3.05) is 5.32 Å². The highest BCUT2D eigenvalue weighted by Gasteiger charge is 2.05. The molecule has 1 aromatic carbocycles. The molecular weight excluding hydrogens is 272 g/mol. The van der Waals surface area contributed by atoms with Crippen LogP contribution < -0.4 is 5.32 Å². The molecular formula is C13H13F2NS2. The lowest BCUT2D eigenvalue weighted by Crippen LogP contribution is -1.98. The Morgan fingerprint density at radius 1 is 1.22 bits per heavy atom. The van der Waals surface area contributed by atoms with Gasteiger partial charge in [-0.2, -0.15) is 8.78 Å². The van der Waals surface area contributed by atoms with Crippen LogP contribution in [0.4, 0.5) is 14.5 Å². The van der Waals surface area contributed by atoms with Crippen LogP contribution in [0.15, 0.2) is 40.6 Å². The summed E-state index contributed by atoms with van der Waals surface area (Å²) >= 11 is 2.28. The topological polar surface area (TPSA) is 12.0 Å². The Labute approximate surface area is 113 Å². The largest absolute Gasteiger partial charge is 0.380 e. The van der Waals surface area contributed by atoms with Crippen LogP contribution in [0.25, 0.3) is 0 Å². The fourth-order valence-corrected chi connectivity index (χ4v) is 2.87. The van der Waals surface area contributed by atoms with Crippen LogP contribution in [0.3, 0.4) is 0 Å². The minimum absolute atomic E-state index is 0.566. The van der Waals surface area contributed by atoms with Gasteiger partial charge in [-0.05, 0) is 48.2 Å². The van der Waals surface area contributed by atoms with Crippen LogP contribution in [0.2, 0.25) is 0 Å². The number of hydrogen-bond acceptors (Lipinski definition) is 3. The summed E-state index contributed by atoms with van der Waals surface area (Å²) in [4.78, 5) is 1.88. The molecule has 0 aliphatic carbocycles. The van der Waals surface area contributed by atoms with Crippen LogP contribution in [-0.4, -0.2) is 5.76 Å².